The lowest BCUT2D eigenvalue weighted by Gasteiger charge is -2.21. The molecule has 0 N–H and O–H groups in total. The van der Waals surface area contributed by atoms with E-state index >= 15 is 0 Å². The van der Waals surface area contributed by atoms with Crippen molar-refractivity contribution in [2.75, 3.05) is 12.0 Å². The summed E-state index contributed by atoms with van der Waals surface area (Å²) >= 11 is 0. The summed E-state index contributed by atoms with van der Waals surface area (Å²) in [7, 11) is 1.28. The lowest BCUT2D eigenvalue weighted by molar-refractivity contribution is -0.122. The van der Waals surface area contributed by atoms with Gasteiger partial charge < -0.3 is 4.74 Å². The Labute approximate surface area is 146 Å². The summed E-state index contributed by atoms with van der Waals surface area (Å²) in [6, 6.07) is 6.60. The molecular formula is C20H19NO4. The van der Waals surface area contributed by atoms with Crippen LogP contribution in [0.15, 0.2) is 47.6 Å². The van der Waals surface area contributed by atoms with Crippen molar-refractivity contribution in [2.45, 2.75) is 13.8 Å². The number of carbonyl (C=O) groups is 3. The monoisotopic (exact) mass is 337 g/mol. The Bertz CT molecular complexity index is 828. The van der Waals surface area contributed by atoms with Crippen molar-refractivity contribution >= 4 is 23.5 Å². The van der Waals surface area contributed by atoms with Crippen LogP contribution in [0.2, 0.25) is 0 Å². The van der Waals surface area contributed by atoms with Gasteiger partial charge in [0.1, 0.15) is 0 Å². The molecule has 4 rings (SSSR count). The van der Waals surface area contributed by atoms with Crippen molar-refractivity contribution in [3.63, 3.8) is 0 Å². The van der Waals surface area contributed by atoms with Crippen LogP contribution in [0.5, 0.6) is 0 Å². The highest BCUT2D eigenvalue weighted by molar-refractivity contribution is 6.25. The van der Waals surface area contributed by atoms with Crippen LogP contribution in [0.1, 0.15) is 24.2 Å². The smallest absolute Gasteiger partial charge is 0.339 e. The third kappa shape index (κ3) is 1.98. The molecule has 1 heterocycles. The molecule has 1 aromatic rings. The fraction of sp³-hybridized carbons (Fsp3) is 0.350. The zero-order chi connectivity index (χ0) is 17.9. The van der Waals surface area contributed by atoms with Gasteiger partial charge in [-0.25, -0.2) is 9.69 Å². The average molecular weight is 337 g/mol. The van der Waals surface area contributed by atoms with E-state index in [9.17, 15) is 14.4 Å². The van der Waals surface area contributed by atoms with Gasteiger partial charge in [0, 0.05) is 11.8 Å². The molecule has 1 saturated carbocycles. The Morgan fingerprint density at radius 2 is 1.56 bits per heavy atom. The van der Waals surface area contributed by atoms with Crippen LogP contribution in [-0.2, 0) is 14.3 Å². The molecule has 4 atom stereocenters. The van der Waals surface area contributed by atoms with Gasteiger partial charge in [0.25, 0.3) is 0 Å². The minimum absolute atomic E-state index is 0.00765. The SMILES string of the molecule is COC(=O)c1ccccc1N1C(=O)[C@@H]2[C@H](C1=O)[C@@H]1C=C[C@H]2C1=C(C)C. The molecule has 2 bridgehead atoms. The van der Waals surface area contributed by atoms with E-state index in [1.807, 2.05) is 13.8 Å². The Morgan fingerprint density at radius 3 is 2.08 bits per heavy atom. The van der Waals surface area contributed by atoms with E-state index in [2.05, 4.69) is 12.2 Å². The number of hydrogen-bond acceptors (Lipinski definition) is 4. The number of amides is 2. The number of esters is 1. The molecule has 0 spiro atoms. The fourth-order valence-corrected chi connectivity index (χ4v) is 4.62. The second-order valence-corrected chi connectivity index (χ2v) is 6.96. The number of fused-ring (bicyclic) bond motifs is 5. The molecule has 0 radical (unpaired) electrons. The third-order valence-electron chi connectivity index (χ3n) is 5.54. The summed E-state index contributed by atoms with van der Waals surface area (Å²) < 4.78 is 4.80. The summed E-state index contributed by atoms with van der Waals surface area (Å²) in [6.45, 7) is 4.06. The first kappa shape index (κ1) is 15.8. The van der Waals surface area contributed by atoms with Gasteiger partial charge in [-0.15, -0.1) is 0 Å². The molecule has 25 heavy (non-hydrogen) atoms. The van der Waals surface area contributed by atoms with E-state index in [-0.39, 0.29) is 41.0 Å². The van der Waals surface area contributed by atoms with Crippen LogP contribution in [0.4, 0.5) is 5.69 Å². The number of nitrogens with zero attached hydrogens (tertiary/aromatic N) is 1. The van der Waals surface area contributed by atoms with Crippen LogP contribution in [0.25, 0.3) is 0 Å². The standard InChI is InChI=1S/C20H19NO4/c1-10(2)15-12-8-9-13(15)17-16(12)18(22)21(19(17)23)14-7-5-4-6-11(14)20(24)25-3/h4-9,12-13,16-17H,1-3H3/t12-,13+,16-,17+. The zero-order valence-corrected chi connectivity index (χ0v) is 14.4. The van der Waals surface area contributed by atoms with E-state index in [0.717, 1.165) is 0 Å². The second-order valence-electron chi connectivity index (χ2n) is 6.96. The number of ether oxygens (including phenoxy) is 1. The molecule has 5 heteroatoms. The first-order valence-electron chi connectivity index (χ1n) is 8.38. The number of rotatable bonds is 2. The molecule has 128 valence electrons. The molecule has 3 aliphatic rings. The van der Waals surface area contributed by atoms with Crippen LogP contribution in [0.3, 0.4) is 0 Å². The number of benzene rings is 1. The van der Waals surface area contributed by atoms with E-state index in [1.54, 1.807) is 24.3 Å². The quantitative estimate of drug-likeness (QED) is 0.473. The molecule has 2 aliphatic carbocycles. The normalized spacial score (nSPS) is 29.4. The second kappa shape index (κ2) is 5.41. The van der Waals surface area contributed by atoms with Crippen molar-refractivity contribution in [2.24, 2.45) is 23.7 Å². The Hall–Kier alpha value is -2.69. The lowest BCUT2D eigenvalue weighted by Crippen LogP contribution is -2.34. The number of methoxy groups -OCH3 is 1. The van der Waals surface area contributed by atoms with Gasteiger partial charge in [0.05, 0.1) is 30.2 Å². The fourth-order valence-electron chi connectivity index (χ4n) is 4.62. The number of imide groups is 1. The lowest BCUT2D eigenvalue weighted by atomic mass is 9.85. The van der Waals surface area contributed by atoms with Crippen molar-refractivity contribution in [1.82, 2.24) is 0 Å². The molecule has 1 aromatic carbocycles. The van der Waals surface area contributed by atoms with E-state index < -0.39 is 5.97 Å². The zero-order valence-electron chi connectivity index (χ0n) is 14.4. The molecule has 0 aromatic heterocycles. The number of anilines is 1. The molecule has 5 nitrogen and oxygen atoms in total. The van der Waals surface area contributed by atoms with Crippen LogP contribution in [-0.4, -0.2) is 24.9 Å². The summed E-state index contributed by atoms with van der Waals surface area (Å²) in [4.78, 5) is 39.5. The number of hydrogen-bond donors (Lipinski definition) is 0. The highest BCUT2D eigenvalue weighted by atomic mass is 16.5. The van der Waals surface area contributed by atoms with Crippen LogP contribution >= 0.6 is 0 Å². The maximum atomic E-state index is 13.1. The van der Waals surface area contributed by atoms with Crippen molar-refractivity contribution in [1.29, 1.82) is 0 Å². The maximum absolute atomic E-state index is 13.1. The number of para-hydroxylation sites is 1. The van der Waals surface area contributed by atoms with Gasteiger partial charge in [-0.3, -0.25) is 9.59 Å². The van der Waals surface area contributed by atoms with Crippen molar-refractivity contribution < 1.29 is 19.1 Å². The predicted octanol–water partition coefficient (Wildman–Crippen LogP) is 2.73. The van der Waals surface area contributed by atoms with Crippen molar-refractivity contribution in [3.05, 3.63) is 53.1 Å². The van der Waals surface area contributed by atoms with Gasteiger partial charge >= 0.3 is 5.97 Å². The van der Waals surface area contributed by atoms with Crippen LogP contribution < -0.4 is 4.90 Å². The van der Waals surface area contributed by atoms with Gasteiger partial charge in [-0.2, -0.15) is 0 Å². The Balaban J connectivity index is 1.79. The summed E-state index contributed by atoms with van der Waals surface area (Å²) in [6.07, 6.45) is 4.10. The predicted molar refractivity (Wildman–Crippen MR) is 91.7 cm³/mol. The molecule has 2 amide bonds. The van der Waals surface area contributed by atoms with E-state index in [4.69, 9.17) is 4.74 Å². The minimum atomic E-state index is -0.556. The molecule has 1 aliphatic heterocycles. The Kier molecular flexibility index (Phi) is 3.42. The summed E-state index contributed by atoms with van der Waals surface area (Å²) in [5.74, 6) is -1.74. The minimum Gasteiger partial charge on any atom is -0.465 e. The summed E-state index contributed by atoms with van der Waals surface area (Å²) in [5, 5.41) is 0. The van der Waals surface area contributed by atoms with Crippen molar-refractivity contribution in [3.8, 4) is 0 Å². The Morgan fingerprint density at radius 1 is 1.00 bits per heavy atom. The maximum Gasteiger partial charge on any atom is 0.339 e. The number of carbonyl (C=O) groups excluding carboxylic acids is 3. The summed E-state index contributed by atoms with van der Waals surface area (Å²) in [5.41, 5.74) is 2.93. The average Bonchev–Trinajstić information content (AvgIpc) is 3.24. The van der Waals surface area contributed by atoms with Gasteiger partial charge in [-0.05, 0) is 26.0 Å². The van der Waals surface area contributed by atoms with E-state index in [0.29, 0.717) is 5.69 Å². The van der Waals surface area contributed by atoms with Gasteiger partial charge in [0.2, 0.25) is 11.8 Å². The largest absolute Gasteiger partial charge is 0.465 e. The van der Waals surface area contributed by atoms with Crippen LogP contribution in [0, 0.1) is 23.7 Å². The van der Waals surface area contributed by atoms with Gasteiger partial charge in [-0.1, -0.05) is 35.4 Å². The molecular weight excluding hydrogens is 318 g/mol. The van der Waals surface area contributed by atoms with E-state index in [1.165, 1.54) is 23.2 Å². The first-order valence-corrected chi connectivity index (χ1v) is 8.38. The highest BCUT2D eigenvalue weighted by Crippen LogP contribution is 2.57. The number of allylic oxidation sites excluding steroid dienone is 4. The first-order chi connectivity index (χ1) is 12.0. The molecule has 2 fully saturated rings. The molecule has 0 unspecified atom stereocenters. The molecule has 1 saturated heterocycles. The third-order valence-corrected chi connectivity index (χ3v) is 5.54. The topological polar surface area (TPSA) is 63.7 Å². The highest BCUT2D eigenvalue weighted by Gasteiger charge is 2.62. The van der Waals surface area contributed by atoms with Gasteiger partial charge in [0.15, 0.2) is 0 Å².